The Bertz CT molecular complexity index is 866. The minimum absolute atomic E-state index is 0.280. The number of pyridine rings is 1. The van der Waals surface area contributed by atoms with E-state index in [9.17, 15) is 4.79 Å². The number of carbonyl (C=O) groups is 1. The summed E-state index contributed by atoms with van der Waals surface area (Å²) in [6.07, 6.45) is 1.57. The average molecular weight is 358 g/mol. The quantitative estimate of drug-likeness (QED) is 0.658. The van der Waals surface area contributed by atoms with Crippen molar-refractivity contribution in [2.75, 3.05) is 10.6 Å². The predicted octanol–water partition coefficient (Wildman–Crippen LogP) is 5.38. The number of aromatic nitrogens is 1. The van der Waals surface area contributed by atoms with Crippen LogP contribution in [0.5, 0.6) is 0 Å². The summed E-state index contributed by atoms with van der Waals surface area (Å²) in [5.74, 6) is 0.367. The van der Waals surface area contributed by atoms with Crippen LogP contribution in [0.3, 0.4) is 0 Å². The molecule has 0 saturated carbocycles. The molecule has 120 valence electrons. The maximum Gasteiger partial charge on any atom is 0.257 e. The second-order valence-electron chi connectivity index (χ2n) is 5.00. The van der Waals surface area contributed by atoms with Gasteiger partial charge in [-0.1, -0.05) is 41.4 Å². The molecule has 4 nitrogen and oxygen atoms in total. The first kappa shape index (κ1) is 16.3. The number of benzene rings is 2. The molecule has 0 aliphatic rings. The molecule has 1 heterocycles. The molecule has 0 aliphatic heterocycles. The van der Waals surface area contributed by atoms with Gasteiger partial charge in [0.25, 0.3) is 5.91 Å². The highest BCUT2D eigenvalue weighted by molar-refractivity contribution is 6.34. The fourth-order valence-electron chi connectivity index (χ4n) is 2.10. The largest absolute Gasteiger partial charge is 0.340 e. The number of nitrogens with zero attached hydrogens (tertiary/aromatic N) is 1. The van der Waals surface area contributed by atoms with Gasteiger partial charge >= 0.3 is 0 Å². The van der Waals surface area contributed by atoms with Crippen LogP contribution in [0.15, 0.2) is 66.9 Å². The van der Waals surface area contributed by atoms with Crippen molar-refractivity contribution in [3.05, 3.63) is 82.5 Å². The molecule has 0 spiro atoms. The van der Waals surface area contributed by atoms with Gasteiger partial charge in [0.2, 0.25) is 0 Å². The van der Waals surface area contributed by atoms with Gasteiger partial charge in [-0.05, 0) is 42.5 Å². The van der Waals surface area contributed by atoms with E-state index in [1.165, 1.54) is 0 Å². The van der Waals surface area contributed by atoms with Gasteiger partial charge in [0, 0.05) is 10.7 Å². The zero-order valence-corrected chi connectivity index (χ0v) is 14.0. The van der Waals surface area contributed by atoms with Gasteiger partial charge in [0.05, 0.1) is 22.5 Å². The summed E-state index contributed by atoms with van der Waals surface area (Å²) >= 11 is 12.0. The van der Waals surface area contributed by atoms with Crippen molar-refractivity contribution in [3.8, 4) is 0 Å². The summed E-state index contributed by atoms with van der Waals surface area (Å²) in [6, 6.07) is 17.7. The smallest absolute Gasteiger partial charge is 0.257 e. The van der Waals surface area contributed by atoms with Gasteiger partial charge in [-0.25, -0.2) is 4.98 Å². The number of anilines is 3. The van der Waals surface area contributed by atoms with Crippen LogP contribution in [0.1, 0.15) is 10.4 Å². The molecule has 0 saturated heterocycles. The lowest BCUT2D eigenvalue weighted by molar-refractivity contribution is 0.102. The van der Waals surface area contributed by atoms with Crippen molar-refractivity contribution in [1.29, 1.82) is 0 Å². The van der Waals surface area contributed by atoms with Crippen molar-refractivity contribution in [2.45, 2.75) is 0 Å². The van der Waals surface area contributed by atoms with Crippen LogP contribution < -0.4 is 10.6 Å². The van der Waals surface area contributed by atoms with Gasteiger partial charge in [0.15, 0.2) is 0 Å². The third-order valence-corrected chi connectivity index (χ3v) is 3.80. The number of amides is 1. The predicted molar refractivity (Wildman–Crippen MR) is 98.4 cm³/mol. The Morgan fingerprint density at radius 2 is 1.75 bits per heavy atom. The standard InChI is InChI=1S/C18H13Cl2N3O/c19-12-4-3-5-13(10-12)22-17-9-8-14(11-21-17)23-18(24)15-6-1-2-7-16(15)20/h1-11H,(H,21,22)(H,23,24). The van der Waals surface area contributed by atoms with Crippen LogP contribution in [-0.4, -0.2) is 10.9 Å². The Hall–Kier alpha value is -2.56. The second-order valence-corrected chi connectivity index (χ2v) is 5.85. The molecule has 0 aliphatic carbocycles. The number of halogens is 2. The summed E-state index contributed by atoms with van der Waals surface area (Å²) in [6.45, 7) is 0. The molecule has 0 unspecified atom stereocenters. The molecule has 0 fully saturated rings. The zero-order valence-electron chi connectivity index (χ0n) is 12.5. The first-order chi connectivity index (χ1) is 11.6. The van der Waals surface area contributed by atoms with E-state index in [1.807, 2.05) is 12.1 Å². The third kappa shape index (κ3) is 4.04. The molecular formula is C18H13Cl2N3O. The number of carbonyl (C=O) groups excluding carboxylic acids is 1. The summed E-state index contributed by atoms with van der Waals surface area (Å²) in [5, 5.41) is 6.95. The molecule has 2 N–H and O–H groups in total. The lowest BCUT2D eigenvalue weighted by atomic mass is 10.2. The van der Waals surface area contributed by atoms with Crippen molar-refractivity contribution in [3.63, 3.8) is 0 Å². The Labute approximate surface area is 149 Å². The van der Waals surface area contributed by atoms with Crippen LogP contribution in [-0.2, 0) is 0 Å². The van der Waals surface area contributed by atoms with E-state index in [-0.39, 0.29) is 5.91 Å². The van der Waals surface area contributed by atoms with E-state index in [2.05, 4.69) is 15.6 Å². The summed E-state index contributed by atoms with van der Waals surface area (Å²) in [4.78, 5) is 16.5. The minimum Gasteiger partial charge on any atom is -0.340 e. The summed E-state index contributed by atoms with van der Waals surface area (Å²) < 4.78 is 0. The highest BCUT2D eigenvalue weighted by atomic mass is 35.5. The Morgan fingerprint density at radius 1 is 0.917 bits per heavy atom. The van der Waals surface area contributed by atoms with Gasteiger partial charge in [-0.2, -0.15) is 0 Å². The molecule has 6 heteroatoms. The van der Waals surface area contributed by atoms with E-state index >= 15 is 0 Å². The highest BCUT2D eigenvalue weighted by Gasteiger charge is 2.09. The van der Waals surface area contributed by atoms with E-state index in [0.717, 1.165) is 5.69 Å². The SMILES string of the molecule is O=C(Nc1ccc(Nc2cccc(Cl)c2)nc1)c1ccccc1Cl. The van der Waals surface area contributed by atoms with Crippen molar-refractivity contribution < 1.29 is 4.79 Å². The monoisotopic (exact) mass is 357 g/mol. The zero-order chi connectivity index (χ0) is 16.9. The molecule has 0 bridgehead atoms. The lowest BCUT2D eigenvalue weighted by Gasteiger charge is -2.09. The van der Waals surface area contributed by atoms with Gasteiger partial charge in [-0.3, -0.25) is 4.79 Å². The molecule has 3 rings (SSSR count). The highest BCUT2D eigenvalue weighted by Crippen LogP contribution is 2.20. The fraction of sp³-hybridized carbons (Fsp3) is 0. The molecule has 0 atom stereocenters. The molecular weight excluding hydrogens is 345 g/mol. The van der Waals surface area contributed by atoms with Crippen LogP contribution in [0.2, 0.25) is 10.0 Å². The number of nitrogens with one attached hydrogen (secondary N) is 2. The molecule has 3 aromatic rings. The van der Waals surface area contributed by atoms with Crippen molar-refractivity contribution in [1.82, 2.24) is 4.98 Å². The lowest BCUT2D eigenvalue weighted by Crippen LogP contribution is -2.12. The van der Waals surface area contributed by atoms with E-state index in [1.54, 1.807) is 54.7 Å². The second kappa shape index (κ2) is 7.34. The van der Waals surface area contributed by atoms with Crippen molar-refractivity contribution in [2.24, 2.45) is 0 Å². The van der Waals surface area contributed by atoms with E-state index in [0.29, 0.717) is 27.1 Å². The number of hydrogen-bond acceptors (Lipinski definition) is 3. The summed E-state index contributed by atoms with van der Waals surface area (Å²) in [5.41, 5.74) is 1.83. The molecule has 2 aromatic carbocycles. The molecule has 1 amide bonds. The van der Waals surface area contributed by atoms with Crippen LogP contribution in [0, 0.1) is 0 Å². The summed E-state index contributed by atoms with van der Waals surface area (Å²) in [7, 11) is 0. The first-order valence-corrected chi connectivity index (χ1v) is 7.92. The van der Waals surface area contributed by atoms with Crippen molar-refractivity contribution >= 4 is 46.3 Å². The average Bonchev–Trinajstić information content (AvgIpc) is 2.57. The van der Waals surface area contributed by atoms with Crippen LogP contribution >= 0.6 is 23.2 Å². The van der Waals surface area contributed by atoms with Gasteiger partial charge in [0.1, 0.15) is 5.82 Å². The van der Waals surface area contributed by atoms with Gasteiger partial charge in [-0.15, -0.1) is 0 Å². The number of hydrogen-bond donors (Lipinski definition) is 2. The number of rotatable bonds is 4. The Morgan fingerprint density at radius 3 is 2.46 bits per heavy atom. The fourth-order valence-corrected chi connectivity index (χ4v) is 2.51. The minimum atomic E-state index is -0.280. The van der Waals surface area contributed by atoms with Crippen LogP contribution in [0.4, 0.5) is 17.2 Å². The Balaban J connectivity index is 1.68. The van der Waals surface area contributed by atoms with Gasteiger partial charge < -0.3 is 10.6 Å². The normalized spacial score (nSPS) is 10.2. The molecule has 24 heavy (non-hydrogen) atoms. The molecule has 1 aromatic heterocycles. The topological polar surface area (TPSA) is 54.0 Å². The molecule has 0 radical (unpaired) electrons. The van der Waals surface area contributed by atoms with E-state index in [4.69, 9.17) is 23.2 Å². The third-order valence-electron chi connectivity index (χ3n) is 3.24. The van der Waals surface area contributed by atoms with Crippen LogP contribution in [0.25, 0.3) is 0 Å². The maximum absolute atomic E-state index is 12.2. The maximum atomic E-state index is 12.2. The first-order valence-electron chi connectivity index (χ1n) is 7.16. The van der Waals surface area contributed by atoms with E-state index < -0.39 is 0 Å². The Kier molecular flexibility index (Phi) is 4.99.